The molecule has 0 bridgehead atoms. The predicted octanol–water partition coefficient (Wildman–Crippen LogP) is 0.669. The lowest BCUT2D eigenvalue weighted by atomic mass is 10.2. The molecule has 6 heteroatoms. The van der Waals surface area contributed by atoms with E-state index < -0.39 is 6.10 Å². The largest absolute Gasteiger partial charge is 0.372 e. The van der Waals surface area contributed by atoms with Crippen molar-refractivity contribution in [2.75, 3.05) is 20.2 Å². The first-order chi connectivity index (χ1) is 10.1. The van der Waals surface area contributed by atoms with Gasteiger partial charge in [-0.2, -0.15) is 0 Å². The molecule has 1 saturated heterocycles. The van der Waals surface area contributed by atoms with Crippen molar-refractivity contribution in [3.05, 3.63) is 24.0 Å². The number of methoxy groups -OCH3 is 1. The molecule has 2 heterocycles. The van der Waals surface area contributed by atoms with Gasteiger partial charge in [-0.15, -0.1) is 0 Å². The molecule has 0 aromatic carbocycles. The van der Waals surface area contributed by atoms with Crippen molar-refractivity contribution < 1.29 is 14.3 Å². The van der Waals surface area contributed by atoms with E-state index in [1.807, 2.05) is 29.9 Å². The van der Waals surface area contributed by atoms with Crippen LogP contribution in [0.4, 0.5) is 0 Å². The molecule has 1 N–H and O–H groups in total. The molecule has 0 spiro atoms. The molecular weight excluding hydrogens is 270 g/mol. The van der Waals surface area contributed by atoms with Crippen LogP contribution in [0.25, 0.3) is 0 Å². The van der Waals surface area contributed by atoms with Crippen molar-refractivity contribution in [2.45, 2.75) is 31.9 Å². The maximum atomic E-state index is 12.2. The van der Waals surface area contributed by atoms with Gasteiger partial charge in [0.1, 0.15) is 6.10 Å². The summed E-state index contributed by atoms with van der Waals surface area (Å²) in [4.78, 5) is 25.8. The van der Waals surface area contributed by atoms with Gasteiger partial charge in [-0.3, -0.25) is 9.59 Å². The molecule has 1 aliphatic heterocycles. The SMILES string of the molecule is COC1CCCCN(CC(=O)NCc2cccn2C)C1=O. The lowest BCUT2D eigenvalue weighted by molar-refractivity contribution is -0.144. The first-order valence-corrected chi connectivity index (χ1v) is 7.30. The van der Waals surface area contributed by atoms with Gasteiger partial charge in [-0.1, -0.05) is 0 Å². The van der Waals surface area contributed by atoms with Gasteiger partial charge in [-0.05, 0) is 31.4 Å². The van der Waals surface area contributed by atoms with Gasteiger partial charge in [0.2, 0.25) is 5.91 Å². The molecule has 1 aromatic rings. The number of nitrogens with zero attached hydrogens (tertiary/aromatic N) is 2. The Labute approximate surface area is 125 Å². The molecule has 2 amide bonds. The van der Waals surface area contributed by atoms with Gasteiger partial charge in [0, 0.05) is 32.6 Å². The second-order valence-electron chi connectivity index (χ2n) is 5.37. The van der Waals surface area contributed by atoms with E-state index in [4.69, 9.17) is 4.74 Å². The maximum absolute atomic E-state index is 12.2. The van der Waals surface area contributed by atoms with E-state index in [0.717, 1.165) is 25.0 Å². The summed E-state index contributed by atoms with van der Waals surface area (Å²) in [5.74, 6) is -0.217. The van der Waals surface area contributed by atoms with Crippen LogP contribution in [-0.2, 0) is 27.9 Å². The molecule has 0 aliphatic carbocycles. The zero-order valence-electron chi connectivity index (χ0n) is 12.7. The monoisotopic (exact) mass is 293 g/mol. The second kappa shape index (κ2) is 7.26. The third-order valence-corrected chi connectivity index (χ3v) is 3.87. The molecule has 1 fully saturated rings. The van der Waals surface area contributed by atoms with Crippen LogP contribution in [0.3, 0.4) is 0 Å². The normalized spacial score (nSPS) is 19.4. The molecule has 2 rings (SSSR count). The third-order valence-electron chi connectivity index (χ3n) is 3.87. The Morgan fingerprint density at radius 3 is 2.95 bits per heavy atom. The molecule has 21 heavy (non-hydrogen) atoms. The van der Waals surface area contributed by atoms with Crippen LogP contribution < -0.4 is 5.32 Å². The van der Waals surface area contributed by atoms with Crippen LogP contribution in [0.2, 0.25) is 0 Å². The molecular formula is C15H23N3O3. The van der Waals surface area contributed by atoms with Gasteiger partial charge in [0.25, 0.3) is 5.91 Å². The molecule has 1 unspecified atom stereocenters. The summed E-state index contributed by atoms with van der Waals surface area (Å²) in [7, 11) is 3.48. The van der Waals surface area contributed by atoms with Crippen LogP contribution in [0.5, 0.6) is 0 Å². The number of amides is 2. The van der Waals surface area contributed by atoms with Crippen molar-refractivity contribution in [3.63, 3.8) is 0 Å². The Morgan fingerprint density at radius 2 is 2.29 bits per heavy atom. The van der Waals surface area contributed by atoms with Gasteiger partial charge < -0.3 is 19.5 Å². The maximum Gasteiger partial charge on any atom is 0.252 e. The van der Waals surface area contributed by atoms with Crippen molar-refractivity contribution in [1.82, 2.24) is 14.8 Å². The summed E-state index contributed by atoms with van der Waals surface area (Å²) in [6.45, 7) is 1.19. The number of carbonyl (C=O) groups excluding carboxylic acids is 2. The zero-order valence-corrected chi connectivity index (χ0v) is 12.7. The molecule has 1 aliphatic rings. The third kappa shape index (κ3) is 4.07. The highest BCUT2D eigenvalue weighted by Crippen LogP contribution is 2.14. The second-order valence-corrected chi connectivity index (χ2v) is 5.37. The standard InChI is InChI=1S/C15H23N3O3/c1-17-8-5-6-12(17)10-16-14(19)11-18-9-4-3-7-13(21-2)15(18)20/h5-6,8,13H,3-4,7,9-11H2,1-2H3,(H,16,19). The van der Waals surface area contributed by atoms with Crippen LogP contribution in [0.1, 0.15) is 25.0 Å². The lowest BCUT2D eigenvalue weighted by Gasteiger charge is -2.23. The Morgan fingerprint density at radius 1 is 1.48 bits per heavy atom. The summed E-state index contributed by atoms with van der Waals surface area (Å²) in [6.07, 6.45) is 4.12. The molecule has 1 aromatic heterocycles. The van der Waals surface area contributed by atoms with Crippen molar-refractivity contribution in [2.24, 2.45) is 7.05 Å². The van der Waals surface area contributed by atoms with E-state index in [-0.39, 0.29) is 18.4 Å². The fourth-order valence-electron chi connectivity index (χ4n) is 2.54. The van der Waals surface area contributed by atoms with Crippen LogP contribution in [0.15, 0.2) is 18.3 Å². The molecule has 0 radical (unpaired) electrons. The lowest BCUT2D eigenvalue weighted by Crippen LogP contribution is -2.44. The minimum atomic E-state index is -0.409. The Kier molecular flexibility index (Phi) is 5.38. The number of likely N-dealkylation sites (tertiary alicyclic amines) is 1. The highest BCUT2D eigenvalue weighted by Gasteiger charge is 2.27. The highest BCUT2D eigenvalue weighted by molar-refractivity contribution is 5.87. The topological polar surface area (TPSA) is 63.6 Å². The number of nitrogens with one attached hydrogen (secondary N) is 1. The molecule has 116 valence electrons. The van der Waals surface area contributed by atoms with E-state index in [2.05, 4.69) is 5.32 Å². The van der Waals surface area contributed by atoms with Crippen LogP contribution in [-0.4, -0.2) is 47.6 Å². The fraction of sp³-hybridized carbons (Fsp3) is 0.600. The molecule has 1 atom stereocenters. The van der Waals surface area contributed by atoms with Gasteiger partial charge in [0.05, 0.1) is 13.1 Å². The van der Waals surface area contributed by atoms with E-state index >= 15 is 0 Å². The number of aryl methyl sites for hydroxylation is 1. The summed E-state index contributed by atoms with van der Waals surface area (Å²) < 4.78 is 7.16. The average Bonchev–Trinajstić information content (AvgIpc) is 2.80. The van der Waals surface area contributed by atoms with Crippen LogP contribution in [0, 0.1) is 0 Å². The minimum absolute atomic E-state index is 0.0796. The molecule has 6 nitrogen and oxygen atoms in total. The molecule has 0 saturated carbocycles. The summed E-state index contributed by atoms with van der Waals surface area (Å²) >= 11 is 0. The first-order valence-electron chi connectivity index (χ1n) is 7.30. The predicted molar refractivity (Wildman–Crippen MR) is 78.5 cm³/mol. The summed E-state index contributed by atoms with van der Waals surface area (Å²) in [5.41, 5.74) is 1.03. The number of rotatable bonds is 5. The number of ether oxygens (including phenoxy) is 1. The summed E-state index contributed by atoms with van der Waals surface area (Å²) in [5, 5.41) is 2.85. The number of aromatic nitrogens is 1. The smallest absolute Gasteiger partial charge is 0.252 e. The minimum Gasteiger partial charge on any atom is -0.372 e. The van der Waals surface area contributed by atoms with E-state index in [9.17, 15) is 9.59 Å². The van der Waals surface area contributed by atoms with E-state index in [1.165, 1.54) is 0 Å². The quantitative estimate of drug-likeness (QED) is 0.868. The number of carbonyl (C=O) groups is 2. The average molecular weight is 293 g/mol. The van der Waals surface area contributed by atoms with Gasteiger partial charge in [-0.25, -0.2) is 0 Å². The number of hydrogen-bond donors (Lipinski definition) is 1. The summed E-state index contributed by atoms with van der Waals surface area (Å²) in [6, 6.07) is 3.89. The Bertz CT molecular complexity index is 498. The Balaban J connectivity index is 1.86. The van der Waals surface area contributed by atoms with E-state index in [1.54, 1.807) is 12.0 Å². The van der Waals surface area contributed by atoms with E-state index in [0.29, 0.717) is 13.1 Å². The number of hydrogen-bond acceptors (Lipinski definition) is 3. The zero-order chi connectivity index (χ0) is 15.2. The van der Waals surface area contributed by atoms with Gasteiger partial charge in [0.15, 0.2) is 0 Å². The highest BCUT2D eigenvalue weighted by atomic mass is 16.5. The van der Waals surface area contributed by atoms with Crippen LogP contribution >= 0.6 is 0 Å². The Hall–Kier alpha value is -1.82. The van der Waals surface area contributed by atoms with Crippen molar-refractivity contribution in [1.29, 1.82) is 0 Å². The van der Waals surface area contributed by atoms with Crippen molar-refractivity contribution in [3.8, 4) is 0 Å². The fourth-order valence-corrected chi connectivity index (χ4v) is 2.54. The first kappa shape index (κ1) is 15.6. The van der Waals surface area contributed by atoms with Crippen molar-refractivity contribution >= 4 is 11.8 Å². The van der Waals surface area contributed by atoms with Gasteiger partial charge >= 0.3 is 0 Å².